The van der Waals surface area contributed by atoms with Crippen LogP contribution in [0.2, 0.25) is 0 Å². The fourth-order valence-corrected chi connectivity index (χ4v) is 1.71. The van der Waals surface area contributed by atoms with Gasteiger partial charge in [0.05, 0.1) is 26.4 Å². The van der Waals surface area contributed by atoms with E-state index in [1.54, 1.807) is 0 Å². The number of amides is 1. The lowest BCUT2D eigenvalue weighted by molar-refractivity contribution is -0.126. The molecule has 0 unspecified atom stereocenters. The molecule has 0 aliphatic rings. The van der Waals surface area contributed by atoms with E-state index in [0.717, 1.165) is 38.8 Å². The molecule has 0 atom stereocenters. The van der Waals surface area contributed by atoms with Crippen molar-refractivity contribution < 1.29 is 19.0 Å². The summed E-state index contributed by atoms with van der Waals surface area (Å²) in [6, 6.07) is 0. The van der Waals surface area contributed by atoms with Crippen LogP contribution in [0.5, 0.6) is 0 Å². The van der Waals surface area contributed by atoms with E-state index < -0.39 is 0 Å². The summed E-state index contributed by atoms with van der Waals surface area (Å²) in [5.74, 6) is -0.0506. The summed E-state index contributed by atoms with van der Waals surface area (Å²) < 4.78 is 16.0. The van der Waals surface area contributed by atoms with Crippen molar-refractivity contribution in [2.75, 3.05) is 46.2 Å². The summed E-state index contributed by atoms with van der Waals surface area (Å²) in [4.78, 5) is 11.4. The van der Waals surface area contributed by atoms with Gasteiger partial charge in [-0.2, -0.15) is 0 Å². The molecule has 0 heterocycles. The van der Waals surface area contributed by atoms with Crippen LogP contribution in [-0.2, 0) is 19.0 Å². The average molecular weight is 303 g/mol. The number of hydrogen-bond donors (Lipinski definition) is 1. The molecule has 0 spiro atoms. The summed E-state index contributed by atoms with van der Waals surface area (Å²) >= 11 is 0. The maximum absolute atomic E-state index is 11.4. The topological polar surface area (TPSA) is 56.8 Å². The van der Waals surface area contributed by atoms with Gasteiger partial charge in [-0.05, 0) is 12.8 Å². The number of rotatable bonds is 16. The molecular formula is C16H33NO4. The summed E-state index contributed by atoms with van der Waals surface area (Å²) in [6.07, 6.45) is 6.89. The quantitative estimate of drug-likeness (QED) is 0.445. The van der Waals surface area contributed by atoms with Crippen molar-refractivity contribution >= 4 is 5.91 Å². The lowest BCUT2D eigenvalue weighted by Crippen LogP contribution is -2.29. The standard InChI is InChI=1S/C16H33NO4/c1-3-5-7-9-17-16(18)15-21-14-13-20-12-11-19-10-8-6-4-2/h3-15H2,1-2H3,(H,17,18). The number of nitrogens with one attached hydrogen (secondary N) is 1. The van der Waals surface area contributed by atoms with Crippen LogP contribution in [0.25, 0.3) is 0 Å². The van der Waals surface area contributed by atoms with Crippen LogP contribution in [-0.4, -0.2) is 52.1 Å². The Balaban J connectivity index is 3.09. The third kappa shape index (κ3) is 17.3. The highest BCUT2D eigenvalue weighted by Crippen LogP contribution is 1.94. The number of carbonyl (C=O) groups excluding carboxylic acids is 1. The van der Waals surface area contributed by atoms with Crippen molar-refractivity contribution in [3.63, 3.8) is 0 Å². The smallest absolute Gasteiger partial charge is 0.245 e. The van der Waals surface area contributed by atoms with Gasteiger partial charge in [-0.1, -0.05) is 39.5 Å². The fourth-order valence-electron chi connectivity index (χ4n) is 1.71. The van der Waals surface area contributed by atoms with E-state index in [4.69, 9.17) is 14.2 Å². The lowest BCUT2D eigenvalue weighted by atomic mass is 10.2. The Morgan fingerprint density at radius 3 is 2.00 bits per heavy atom. The van der Waals surface area contributed by atoms with Gasteiger partial charge in [-0.3, -0.25) is 4.79 Å². The minimum atomic E-state index is -0.0506. The molecule has 1 amide bonds. The van der Waals surface area contributed by atoms with Crippen LogP contribution < -0.4 is 5.32 Å². The predicted molar refractivity (Wildman–Crippen MR) is 84.5 cm³/mol. The lowest BCUT2D eigenvalue weighted by Gasteiger charge is -2.07. The summed E-state index contributed by atoms with van der Waals surface area (Å²) in [6.45, 7) is 8.13. The first kappa shape index (κ1) is 20.3. The third-order valence-electron chi connectivity index (χ3n) is 2.97. The Bertz CT molecular complexity index is 224. The van der Waals surface area contributed by atoms with Gasteiger partial charge in [0.25, 0.3) is 0 Å². The molecule has 0 saturated carbocycles. The highest BCUT2D eigenvalue weighted by atomic mass is 16.5. The molecule has 0 saturated heterocycles. The van der Waals surface area contributed by atoms with E-state index in [9.17, 15) is 4.79 Å². The summed E-state index contributed by atoms with van der Waals surface area (Å²) in [5.41, 5.74) is 0. The molecule has 0 aromatic heterocycles. The Hall–Kier alpha value is -0.650. The maximum Gasteiger partial charge on any atom is 0.245 e. The van der Waals surface area contributed by atoms with Crippen molar-refractivity contribution in [2.24, 2.45) is 0 Å². The zero-order valence-corrected chi connectivity index (χ0v) is 13.8. The Morgan fingerprint density at radius 1 is 0.762 bits per heavy atom. The van der Waals surface area contributed by atoms with Gasteiger partial charge in [-0.25, -0.2) is 0 Å². The van der Waals surface area contributed by atoms with Crippen molar-refractivity contribution in [1.82, 2.24) is 5.32 Å². The summed E-state index contributed by atoms with van der Waals surface area (Å²) in [7, 11) is 0. The van der Waals surface area contributed by atoms with Crippen LogP contribution in [0, 0.1) is 0 Å². The average Bonchev–Trinajstić information content (AvgIpc) is 2.49. The van der Waals surface area contributed by atoms with Gasteiger partial charge in [0.2, 0.25) is 5.91 Å². The minimum absolute atomic E-state index is 0.0506. The van der Waals surface area contributed by atoms with E-state index in [1.807, 2.05) is 0 Å². The third-order valence-corrected chi connectivity index (χ3v) is 2.97. The molecule has 5 nitrogen and oxygen atoms in total. The molecule has 0 aliphatic heterocycles. The molecule has 5 heteroatoms. The van der Waals surface area contributed by atoms with Gasteiger partial charge in [-0.15, -0.1) is 0 Å². The SMILES string of the molecule is CCCCCNC(=O)COCCOCCOCCCCC. The normalized spacial score (nSPS) is 10.8. The first-order valence-corrected chi connectivity index (χ1v) is 8.31. The molecule has 0 fully saturated rings. The van der Waals surface area contributed by atoms with Crippen molar-refractivity contribution in [1.29, 1.82) is 0 Å². The van der Waals surface area contributed by atoms with Crippen LogP contribution in [0.1, 0.15) is 52.4 Å². The van der Waals surface area contributed by atoms with Crippen molar-refractivity contribution in [3.8, 4) is 0 Å². The van der Waals surface area contributed by atoms with Crippen LogP contribution in [0.4, 0.5) is 0 Å². The fraction of sp³-hybridized carbons (Fsp3) is 0.938. The molecule has 0 rings (SSSR count). The van der Waals surface area contributed by atoms with Gasteiger partial charge >= 0.3 is 0 Å². The van der Waals surface area contributed by atoms with E-state index in [1.165, 1.54) is 12.8 Å². The molecule has 126 valence electrons. The second-order valence-electron chi connectivity index (χ2n) is 5.04. The predicted octanol–water partition coefficient (Wildman–Crippen LogP) is 2.53. The van der Waals surface area contributed by atoms with Crippen LogP contribution >= 0.6 is 0 Å². The van der Waals surface area contributed by atoms with Crippen LogP contribution in [0.15, 0.2) is 0 Å². The zero-order chi connectivity index (χ0) is 15.6. The highest BCUT2D eigenvalue weighted by Gasteiger charge is 2.00. The number of carbonyl (C=O) groups is 1. The Labute approximate surface area is 129 Å². The molecule has 21 heavy (non-hydrogen) atoms. The van der Waals surface area contributed by atoms with Gasteiger partial charge in [0.15, 0.2) is 0 Å². The van der Waals surface area contributed by atoms with Gasteiger partial charge < -0.3 is 19.5 Å². The van der Waals surface area contributed by atoms with Crippen LogP contribution in [0.3, 0.4) is 0 Å². The van der Waals surface area contributed by atoms with Crippen molar-refractivity contribution in [2.45, 2.75) is 52.4 Å². The Morgan fingerprint density at radius 2 is 1.33 bits per heavy atom. The molecule has 0 aliphatic carbocycles. The molecular weight excluding hydrogens is 270 g/mol. The number of ether oxygens (including phenoxy) is 3. The van der Waals surface area contributed by atoms with Gasteiger partial charge in [0.1, 0.15) is 6.61 Å². The molecule has 1 N–H and O–H groups in total. The second-order valence-corrected chi connectivity index (χ2v) is 5.04. The molecule has 0 radical (unpaired) electrons. The maximum atomic E-state index is 11.4. The monoisotopic (exact) mass is 303 g/mol. The van der Waals surface area contributed by atoms with Crippen molar-refractivity contribution in [3.05, 3.63) is 0 Å². The number of hydrogen-bond acceptors (Lipinski definition) is 4. The molecule has 0 aromatic carbocycles. The van der Waals surface area contributed by atoms with E-state index in [2.05, 4.69) is 19.2 Å². The molecule has 0 bridgehead atoms. The number of unbranched alkanes of at least 4 members (excludes halogenated alkanes) is 4. The first-order valence-electron chi connectivity index (χ1n) is 8.31. The Kier molecular flexibility index (Phi) is 16.9. The second kappa shape index (κ2) is 17.4. The van der Waals surface area contributed by atoms with E-state index >= 15 is 0 Å². The van der Waals surface area contributed by atoms with Gasteiger partial charge in [0, 0.05) is 13.2 Å². The minimum Gasteiger partial charge on any atom is -0.379 e. The summed E-state index contributed by atoms with van der Waals surface area (Å²) in [5, 5.41) is 2.83. The highest BCUT2D eigenvalue weighted by molar-refractivity contribution is 5.77. The largest absolute Gasteiger partial charge is 0.379 e. The van der Waals surface area contributed by atoms with E-state index in [0.29, 0.717) is 26.4 Å². The van der Waals surface area contributed by atoms with E-state index in [-0.39, 0.29) is 12.5 Å². The molecule has 0 aromatic rings. The first-order chi connectivity index (χ1) is 10.3. The zero-order valence-electron chi connectivity index (χ0n) is 13.8.